The molecule has 9 heteroatoms. The zero-order valence-electron chi connectivity index (χ0n) is 18.9. The first-order valence-corrected chi connectivity index (χ1v) is 11.7. The Hall–Kier alpha value is -3.10. The molecule has 178 valence electrons. The lowest BCUT2D eigenvalue weighted by atomic mass is 9.98. The molecule has 0 unspecified atom stereocenters. The average Bonchev–Trinajstić information content (AvgIpc) is 3.42. The molecule has 1 aliphatic carbocycles. The predicted octanol–water partition coefficient (Wildman–Crippen LogP) is 3.63. The zero-order valence-corrected chi connectivity index (χ0v) is 19.7. The van der Waals surface area contributed by atoms with Gasteiger partial charge in [0.05, 0.1) is 18.4 Å². The highest BCUT2D eigenvalue weighted by Crippen LogP contribution is 2.40. The van der Waals surface area contributed by atoms with Crippen molar-refractivity contribution in [2.24, 2.45) is 11.0 Å². The van der Waals surface area contributed by atoms with E-state index in [2.05, 4.69) is 0 Å². The Balaban J connectivity index is 1.44. The van der Waals surface area contributed by atoms with Gasteiger partial charge in [0.1, 0.15) is 6.54 Å². The minimum absolute atomic E-state index is 0.000432. The normalized spacial score (nSPS) is 18.7. The lowest BCUT2D eigenvalue weighted by Gasteiger charge is -2.27. The van der Waals surface area contributed by atoms with E-state index in [0.29, 0.717) is 36.1 Å². The number of ether oxygens (including phenoxy) is 3. The molecule has 0 aromatic heterocycles. The maximum Gasteiger partial charge on any atom is 0.262 e. The molecule has 2 aromatic carbocycles. The molecule has 8 nitrogen and oxygen atoms in total. The molecule has 3 aliphatic rings. The van der Waals surface area contributed by atoms with Crippen LogP contribution in [0.25, 0.3) is 0 Å². The van der Waals surface area contributed by atoms with E-state index in [1.165, 1.54) is 5.01 Å². The molecule has 1 atom stereocenters. The SMILES string of the molecule is COCCN(CC(=O)N1N=C(c2ccccc2Cl)C[C@H]1c1ccc2c(c1)OCO2)C(=O)C1CC1. The number of methoxy groups -OCH3 is 1. The number of halogens is 1. The molecule has 0 bridgehead atoms. The Bertz CT molecular complexity index is 1130. The van der Waals surface area contributed by atoms with Gasteiger partial charge < -0.3 is 19.1 Å². The Morgan fingerprint density at radius 3 is 2.74 bits per heavy atom. The molecule has 1 fully saturated rings. The van der Waals surface area contributed by atoms with Gasteiger partial charge in [-0.2, -0.15) is 5.10 Å². The average molecular weight is 484 g/mol. The molecule has 0 radical (unpaired) electrons. The summed E-state index contributed by atoms with van der Waals surface area (Å²) in [6.07, 6.45) is 2.23. The van der Waals surface area contributed by atoms with Crippen LogP contribution in [0.2, 0.25) is 5.02 Å². The second kappa shape index (κ2) is 9.64. The molecule has 1 saturated carbocycles. The maximum atomic E-state index is 13.5. The number of hydrogen-bond acceptors (Lipinski definition) is 6. The third-order valence-corrected chi connectivity index (χ3v) is 6.59. The minimum atomic E-state index is -0.353. The fraction of sp³-hybridized carbons (Fsp3) is 0.400. The summed E-state index contributed by atoms with van der Waals surface area (Å²) in [7, 11) is 1.58. The smallest absolute Gasteiger partial charge is 0.262 e. The highest BCUT2D eigenvalue weighted by Gasteiger charge is 2.38. The third-order valence-electron chi connectivity index (χ3n) is 6.26. The Morgan fingerprint density at radius 1 is 1.18 bits per heavy atom. The number of nitrogens with zero attached hydrogens (tertiary/aromatic N) is 3. The number of rotatable bonds is 8. The van der Waals surface area contributed by atoms with E-state index in [-0.39, 0.29) is 37.1 Å². The number of benzene rings is 2. The van der Waals surface area contributed by atoms with Crippen LogP contribution >= 0.6 is 11.6 Å². The Kier molecular flexibility index (Phi) is 6.43. The van der Waals surface area contributed by atoms with Gasteiger partial charge in [0.15, 0.2) is 11.5 Å². The molecule has 2 heterocycles. The Labute approximate surface area is 203 Å². The van der Waals surface area contributed by atoms with Crippen molar-refractivity contribution in [2.45, 2.75) is 25.3 Å². The van der Waals surface area contributed by atoms with Crippen molar-refractivity contribution in [1.29, 1.82) is 0 Å². The molecule has 34 heavy (non-hydrogen) atoms. The van der Waals surface area contributed by atoms with Crippen LogP contribution in [0.15, 0.2) is 47.6 Å². The van der Waals surface area contributed by atoms with Crippen molar-refractivity contribution in [2.75, 3.05) is 33.6 Å². The summed E-state index contributed by atoms with van der Waals surface area (Å²) in [5.74, 6) is 1.07. The highest BCUT2D eigenvalue weighted by molar-refractivity contribution is 6.34. The van der Waals surface area contributed by atoms with Crippen LogP contribution in [0.4, 0.5) is 0 Å². The van der Waals surface area contributed by atoms with E-state index in [0.717, 1.165) is 29.7 Å². The number of fused-ring (bicyclic) bond motifs is 1. The number of carbonyl (C=O) groups is 2. The number of carbonyl (C=O) groups excluding carboxylic acids is 2. The quantitative estimate of drug-likeness (QED) is 0.572. The van der Waals surface area contributed by atoms with Gasteiger partial charge in [0, 0.05) is 36.6 Å². The van der Waals surface area contributed by atoms with Gasteiger partial charge in [-0.25, -0.2) is 5.01 Å². The van der Waals surface area contributed by atoms with Crippen LogP contribution in [-0.4, -0.2) is 61.0 Å². The fourth-order valence-corrected chi connectivity index (χ4v) is 4.52. The molecule has 2 aromatic rings. The predicted molar refractivity (Wildman–Crippen MR) is 126 cm³/mol. The van der Waals surface area contributed by atoms with Crippen molar-refractivity contribution >= 4 is 29.1 Å². The van der Waals surface area contributed by atoms with Crippen molar-refractivity contribution < 1.29 is 23.8 Å². The molecule has 5 rings (SSSR count). The van der Waals surface area contributed by atoms with Crippen LogP contribution in [-0.2, 0) is 14.3 Å². The molecule has 0 N–H and O–H groups in total. The summed E-state index contributed by atoms with van der Waals surface area (Å²) >= 11 is 6.44. The van der Waals surface area contributed by atoms with Gasteiger partial charge in [-0.1, -0.05) is 35.9 Å². The molecule has 0 spiro atoms. The summed E-state index contributed by atoms with van der Waals surface area (Å²) in [5, 5.41) is 6.76. The van der Waals surface area contributed by atoms with Crippen LogP contribution in [0.5, 0.6) is 11.5 Å². The molecule has 2 aliphatic heterocycles. The Morgan fingerprint density at radius 2 is 1.97 bits per heavy atom. The standard InChI is InChI=1S/C25H26ClN3O5/c1-32-11-10-28(25(31)16-6-7-16)14-24(30)29-21(17-8-9-22-23(12-17)34-15-33-22)13-20(27-29)18-4-2-3-5-19(18)26/h2-5,8-9,12,16,21H,6-7,10-11,13-15H2,1H3/t21-/m0/s1. The lowest BCUT2D eigenvalue weighted by molar-refractivity contribution is -0.142. The second-order valence-electron chi connectivity index (χ2n) is 8.62. The summed E-state index contributed by atoms with van der Waals surface area (Å²) in [5.41, 5.74) is 2.38. The molecule has 0 saturated heterocycles. The lowest BCUT2D eigenvalue weighted by Crippen LogP contribution is -2.43. The topological polar surface area (TPSA) is 80.7 Å². The highest BCUT2D eigenvalue weighted by atomic mass is 35.5. The van der Waals surface area contributed by atoms with E-state index in [1.807, 2.05) is 36.4 Å². The zero-order chi connectivity index (χ0) is 23.7. The van der Waals surface area contributed by atoms with Crippen molar-refractivity contribution in [3.8, 4) is 11.5 Å². The summed E-state index contributed by atoms with van der Waals surface area (Å²) in [4.78, 5) is 27.9. The van der Waals surface area contributed by atoms with E-state index in [1.54, 1.807) is 18.1 Å². The summed E-state index contributed by atoms with van der Waals surface area (Å²) in [6.45, 7) is 0.844. The van der Waals surface area contributed by atoms with Crippen molar-refractivity contribution in [1.82, 2.24) is 9.91 Å². The van der Waals surface area contributed by atoms with E-state index in [9.17, 15) is 9.59 Å². The first kappa shape index (κ1) is 22.7. The third kappa shape index (κ3) is 4.60. The van der Waals surface area contributed by atoms with Gasteiger partial charge in [0.25, 0.3) is 5.91 Å². The number of amides is 2. The molecular weight excluding hydrogens is 458 g/mol. The van der Waals surface area contributed by atoms with Crippen LogP contribution < -0.4 is 9.47 Å². The fourth-order valence-electron chi connectivity index (χ4n) is 4.27. The second-order valence-corrected chi connectivity index (χ2v) is 9.03. The molecular formula is C25H26ClN3O5. The minimum Gasteiger partial charge on any atom is -0.454 e. The van der Waals surface area contributed by atoms with Crippen molar-refractivity contribution in [3.05, 3.63) is 58.6 Å². The maximum absolute atomic E-state index is 13.5. The van der Waals surface area contributed by atoms with E-state index < -0.39 is 0 Å². The van der Waals surface area contributed by atoms with Gasteiger partial charge in [0.2, 0.25) is 12.7 Å². The summed E-state index contributed by atoms with van der Waals surface area (Å²) < 4.78 is 16.1. The summed E-state index contributed by atoms with van der Waals surface area (Å²) in [6, 6.07) is 12.7. The van der Waals surface area contributed by atoms with E-state index in [4.69, 9.17) is 30.9 Å². The van der Waals surface area contributed by atoms with E-state index >= 15 is 0 Å². The van der Waals surface area contributed by atoms with Gasteiger partial charge in [-0.05, 0) is 36.6 Å². The van der Waals surface area contributed by atoms with Crippen molar-refractivity contribution in [3.63, 3.8) is 0 Å². The van der Waals surface area contributed by atoms with Crippen LogP contribution in [0.1, 0.15) is 36.4 Å². The first-order chi connectivity index (χ1) is 16.5. The number of hydrazone groups is 1. The van der Waals surface area contributed by atoms with Gasteiger partial charge in [-0.15, -0.1) is 0 Å². The van der Waals surface area contributed by atoms with Gasteiger partial charge in [-0.3, -0.25) is 9.59 Å². The molecule has 2 amide bonds. The largest absolute Gasteiger partial charge is 0.454 e. The van der Waals surface area contributed by atoms with Crippen LogP contribution in [0, 0.1) is 5.92 Å². The number of hydrogen-bond donors (Lipinski definition) is 0. The van der Waals surface area contributed by atoms with Gasteiger partial charge >= 0.3 is 0 Å². The first-order valence-electron chi connectivity index (χ1n) is 11.4. The van der Waals surface area contributed by atoms with Crippen LogP contribution in [0.3, 0.4) is 0 Å². The monoisotopic (exact) mass is 483 g/mol.